The molecule has 0 N–H and O–H groups in total. The number of nitrogens with zero attached hydrogens (tertiary/aromatic N) is 1. The zero-order valence-corrected chi connectivity index (χ0v) is 14.4. The lowest BCUT2D eigenvalue weighted by molar-refractivity contribution is -0.887. The van der Waals surface area contributed by atoms with E-state index in [0.29, 0.717) is 11.1 Å². The van der Waals surface area contributed by atoms with E-state index in [0.717, 1.165) is 12.8 Å². The molecule has 0 unspecified atom stereocenters. The van der Waals surface area contributed by atoms with Gasteiger partial charge in [0.05, 0.1) is 27.7 Å². The molecular formula is C17H36NO2+. The molecule has 0 aromatic rings. The van der Waals surface area contributed by atoms with E-state index in [4.69, 9.17) is 4.74 Å². The van der Waals surface area contributed by atoms with Crippen LogP contribution in [0.3, 0.4) is 0 Å². The van der Waals surface area contributed by atoms with Gasteiger partial charge in [0.15, 0.2) is 6.04 Å². The number of carbonyl (C=O) groups excluding carboxylic acids is 1. The Morgan fingerprint density at radius 2 is 1.40 bits per heavy atom. The molecule has 0 saturated heterocycles. The predicted octanol–water partition coefficient (Wildman–Crippen LogP) is 4.16. The van der Waals surface area contributed by atoms with Gasteiger partial charge in [-0.2, -0.15) is 0 Å². The molecule has 0 bridgehead atoms. The number of hydrogen-bond acceptors (Lipinski definition) is 2. The van der Waals surface area contributed by atoms with Crippen molar-refractivity contribution in [3.63, 3.8) is 0 Å². The minimum atomic E-state index is -0.0389. The Morgan fingerprint density at radius 3 is 1.85 bits per heavy atom. The van der Waals surface area contributed by atoms with Crippen LogP contribution >= 0.6 is 0 Å². The molecule has 0 aromatic heterocycles. The molecule has 3 heteroatoms. The van der Waals surface area contributed by atoms with E-state index >= 15 is 0 Å². The minimum Gasteiger partial charge on any atom is -0.462 e. The normalized spacial score (nSPS) is 13.2. The quantitative estimate of drug-likeness (QED) is 0.306. The highest BCUT2D eigenvalue weighted by atomic mass is 16.5. The van der Waals surface area contributed by atoms with Crippen LogP contribution < -0.4 is 0 Å². The number of quaternary nitrogens is 1. The van der Waals surface area contributed by atoms with E-state index in [1.54, 1.807) is 0 Å². The lowest BCUT2D eigenvalue weighted by atomic mass is 10.0. The summed E-state index contributed by atoms with van der Waals surface area (Å²) >= 11 is 0. The SMILES string of the molecule is CCCCCCCCCC[C@@H](C(=O)OCC)[N+](C)(C)C. The Hall–Kier alpha value is -0.570. The lowest BCUT2D eigenvalue weighted by Crippen LogP contribution is -2.50. The van der Waals surface area contributed by atoms with E-state index in [-0.39, 0.29) is 12.0 Å². The highest BCUT2D eigenvalue weighted by Crippen LogP contribution is 2.16. The number of ether oxygens (including phenoxy) is 1. The summed E-state index contributed by atoms with van der Waals surface area (Å²) < 4.78 is 5.86. The molecule has 0 fully saturated rings. The number of hydrogen-bond donors (Lipinski definition) is 0. The number of rotatable bonds is 12. The van der Waals surface area contributed by atoms with Crippen molar-refractivity contribution in [3.05, 3.63) is 0 Å². The molecule has 0 amide bonds. The summed E-state index contributed by atoms with van der Waals surface area (Å²) in [5, 5.41) is 0. The summed E-state index contributed by atoms with van der Waals surface area (Å²) in [6, 6.07) is -0.0185. The third kappa shape index (κ3) is 9.35. The Kier molecular flexibility index (Phi) is 10.8. The fourth-order valence-corrected chi connectivity index (χ4v) is 2.53. The van der Waals surface area contributed by atoms with Gasteiger partial charge in [-0.1, -0.05) is 51.9 Å². The maximum absolute atomic E-state index is 12.0. The van der Waals surface area contributed by atoms with Crippen LogP contribution in [-0.2, 0) is 9.53 Å². The molecule has 120 valence electrons. The van der Waals surface area contributed by atoms with Gasteiger partial charge in [0.2, 0.25) is 0 Å². The van der Waals surface area contributed by atoms with Gasteiger partial charge in [0, 0.05) is 6.42 Å². The first kappa shape index (κ1) is 19.4. The highest BCUT2D eigenvalue weighted by molar-refractivity contribution is 5.74. The summed E-state index contributed by atoms with van der Waals surface area (Å²) in [6.45, 7) is 4.61. The molecule has 0 spiro atoms. The maximum atomic E-state index is 12.0. The Bertz CT molecular complexity index is 246. The van der Waals surface area contributed by atoms with Crippen molar-refractivity contribution in [2.24, 2.45) is 0 Å². The fourth-order valence-electron chi connectivity index (χ4n) is 2.53. The van der Waals surface area contributed by atoms with Crippen molar-refractivity contribution in [2.75, 3.05) is 27.7 Å². The van der Waals surface area contributed by atoms with E-state index in [1.165, 1.54) is 44.9 Å². The van der Waals surface area contributed by atoms with Crippen LogP contribution in [-0.4, -0.2) is 44.2 Å². The van der Waals surface area contributed by atoms with Crippen molar-refractivity contribution in [3.8, 4) is 0 Å². The Labute approximate surface area is 126 Å². The molecule has 20 heavy (non-hydrogen) atoms. The largest absolute Gasteiger partial charge is 0.462 e. The van der Waals surface area contributed by atoms with Crippen molar-refractivity contribution >= 4 is 5.97 Å². The molecule has 0 saturated carbocycles. The van der Waals surface area contributed by atoms with Gasteiger partial charge in [0.25, 0.3) is 0 Å². The number of unbranched alkanes of at least 4 members (excludes halogenated alkanes) is 7. The lowest BCUT2D eigenvalue weighted by Gasteiger charge is -2.32. The number of carbonyl (C=O) groups is 1. The van der Waals surface area contributed by atoms with Gasteiger partial charge < -0.3 is 9.22 Å². The first-order chi connectivity index (χ1) is 9.43. The summed E-state index contributed by atoms with van der Waals surface area (Å²) in [4.78, 5) is 12.0. The number of likely N-dealkylation sites (N-methyl/N-ethyl adjacent to an activating group) is 1. The van der Waals surface area contributed by atoms with E-state index in [9.17, 15) is 4.79 Å². The molecule has 0 radical (unpaired) electrons. The number of esters is 1. The monoisotopic (exact) mass is 286 g/mol. The van der Waals surface area contributed by atoms with E-state index < -0.39 is 0 Å². The van der Waals surface area contributed by atoms with Crippen molar-refractivity contribution in [1.82, 2.24) is 0 Å². The molecule has 0 aliphatic rings. The van der Waals surface area contributed by atoms with Crippen LogP contribution in [0.15, 0.2) is 0 Å². The summed E-state index contributed by atoms with van der Waals surface area (Å²) in [5.74, 6) is -0.0389. The van der Waals surface area contributed by atoms with Crippen LogP contribution in [0.25, 0.3) is 0 Å². The average molecular weight is 286 g/mol. The van der Waals surface area contributed by atoms with Crippen LogP contribution in [0, 0.1) is 0 Å². The zero-order chi connectivity index (χ0) is 15.4. The highest BCUT2D eigenvalue weighted by Gasteiger charge is 2.32. The van der Waals surface area contributed by atoms with Gasteiger partial charge in [-0.05, 0) is 13.3 Å². The van der Waals surface area contributed by atoms with Gasteiger partial charge in [-0.15, -0.1) is 0 Å². The topological polar surface area (TPSA) is 26.3 Å². The maximum Gasteiger partial charge on any atom is 0.364 e. The molecule has 0 aliphatic heterocycles. The first-order valence-electron chi connectivity index (χ1n) is 8.41. The second kappa shape index (κ2) is 11.1. The molecule has 1 atom stereocenters. The summed E-state index contributed by atoms with van der Waals surface area (Å²) in [7, 11) is 6.23. The third-order valence-electron chi connectivity index (χ3n) is 3.82. The predicted molar refractivity (Wildman–Crippen MR) is 85.7 cm³/mol. The van der Waals surface area contributed by atoms with Crippen LogP contribution in [0.5, 0.6) is 0 Å². The summed E-state index contributed by atoms with van der Waals surface area (Å²) in [5.41, 5.74) is 0. The standard InChI is InChI=1S/C17H36NO2/c1-6-8-9-10-11-12-13-14-15-16(18(3,4)5)17(19)20-7-2/h16H,6-15H2,1-5H3/q+1/t16-/m0/s1. The molecule has 0 aliphatic carbocycles. The third-order valence-corrected chi connectivity index (χ3v) is 3.82. The molecule has 0 rings (SSSR count). The van der Waals surface area contributed by atoms with Gasteiger partial charge in [-0.3, -0.25) is 0 Å². The average Bonchev–Trinajstić information content (AvgIpc) is 2.35. The van der Waals surface area contributed by atoms with E-state index in [1.807, 2.05) is 6.92 Å². The second-order valence-electron chi connectivity index (χ2n) is 6.65. The van der Waals surface area contributed by atoms with Crippen LogP contribution in [0.2, 0.25) is 0 Å². The summed E-state index contributed by atoms with van der Waals surface area (Å²) in [6.07, 6.45) is 11.4. The molecular weight excluding hydrogens is 250 g/mol. The fraction of sp³-hybridized carbons (Fsp3) is 0.941. The zero-order valence-electron chi connectivity index (χ0n) is 14.4. The molecule has 0 aromatic carbocycles. The van der Waals surface area contributed by atoms with Crippen molar-refractivity contribution in [2.45, 2.75) is 77.7 Å². The Morgan fingerprint density at radius 1 is 0.900 bits per heavy atom. The van der Waals surface area contributed by atoms with Gasteiger partial charge >= 0.3 is 5.97 Å². The smallest absolute Gasteiger partial charge is 0.364 e. The second-order valence-corrected chi connectivity index (χ2v) is 6.65. The van der Waals surface area contributed by atoms with Gasteiger partial charge in [-0.25, -0.2) is 4.79 Å². The van der Waals surface area contributed by atoms with Crippen molar-refractivity contribution < 1.29 is 14.0 Å². The molecule has 3 nitrogen and oxygen atoms in total. The minimum absolute atomic E-state index is 0.0185. The van der Waals surface area contributed by atoms with Gasteiger partial charge in [0.1, 0.15) is 0 Å². The van der Waals surface area contributed by atoms with Crippen LogP contribution in [0.4, 0.5) is 0 Å². The van der Waals surface area contributed by atoms with Crippen molar-refractivity contribution in [1.29, 1.82) is 0 Å². The molecule has 0 heterocycles. The van der Waals surface area contributed by atoms with Crippen LogP contribution in [0.1, 0.15) is 71.6 Å². The Balaban J connectivity index is 3.84. The van der Waals surface area contributed by atoms with E-state index in [2.05, 4.69) is 28.1 Å². The first-order valence-corrected chi connectivity index (χ1v) is 8.41.